The van der Waals surface area contributed by atoms with E-state index in [1.54, 1.807) is 11.3 Å². The number of carbonyl (C=O) groups is 1. The number of carbonyl (C=O) groups excluding carboxylic acids is 1. The van der Waals surface area contributed by atoms with Crippen LogP contribution in [0.4, 0.5) is 5.13 Å². The fourth-order valence-corrected chi connectivity index (χ4v) is 4.87. The molecule has 0 amide bonds. The Hall–Kier alpha value is -1.10. The third kappa shape index (κ3) is 3.39. The molecular weight excluding hydrogens is 284 g/mol. The second-order valence-corrected chi connectivity index (χ2v) is 7.35. The van der Waals surface area contributed by atoms with Gasteiger partial charge in [-0.25, -0.2) is 4.98 Å². The minimum absolute atomic E-state index is 0.173. The van der Waals surface area contributed by atoms with Gasteiger partial charge < -0.3 is 10.1 Å². The van der Waals surface area contributed by atoms with Gasteiger partial charge in [0.1, 0.15) is 0 Å². The molecule has 1 N–H and O–H groups in total. The lowest BCUT2D eigenvalue weighted by atomic mass is 9.84. The molecule has 4 nitrogen and oxygen atoms in total. The lowest BCUT2D eigenvalue weighted by Crippen LogP contribution is -2.29. The van der Waals surface area contributed by atoms with Gasteiger partial charge in [0.15, 0.2) is 5.13 Å². The summed E-state index contributed by atoms with van der Waals surface area (Å²) in [7, 11) is 1.42. The Morgan fingerprint density at radius 2 is 2.38 bits per heavy atom. The summed E-state index contributed by atoms with van der Waals surface area (Å²) in [5.41, 5.74) is 0.980. The van der Waals surface area contributed by atoms with Gasteiger partial charge in [0.2, 0.25) is 0 Å². The Bertz CT molecular complexity index is 502. The van der Waals surface area contributed by atoms with E-state index in [9.17, 15) is 4.79 Å². The molecule has 2 saturated carbocycles. The average molecular weight is 308 g/mol. The Morgan fingerprint density at radius 3 is 3.05 bits per heavy atom. The number of fused-ring (bicyclic) bond motifs is 2. The molecule has 116 valence electrons. The van der Waals surface area contributed by atoms with Crippen molar-refractivity contribution in [1.29, 1.82) is 0 Å². The first-order chi connectivity index (χ1) is 10.2. The van der Waals surface area contributed by atoms with Crippen LogP contribution in [-0.2, 0) is 16.0 Å². The number of esters is 1. The molecule has 1 aromatic heterocycles. The van der Waals surface area contributed by atoms with Crippen LogP contribution in [0.25, 0.3) is 0 Å². The summed E-state index contributed by atoms with van der Waals surface area (Å²) >= 11 is 1.64. The molecule has 2 aliphatic carbocycles. The van der Waals surface area contributed by atoms with Gasteiger partial charge in [-0.05, 0) is 43.9 Å². The van der Waals surface area contributed by atoms with Crippen LogP contribution in [-0.4, -0.2) is 24.1 Å². The van der Waals surface area contributed by atoms with Crippen molar-refractivity contribution in [3.8, 4) is 0 Å². The molecule has 2 bridgehead atoms. The highest BCUT2D eigenvalue weighted by atomic mass is 32.1. The Kier molecular flexibility index (Phi) is 4.48. The van der Waals surface area contributed by atoms with Gasteiger partial charge in [-0.15, -0.1) is 11.3 Å². The number of nitrogens with one attached hydrogen (secondary N) is 1. The second-order valence-electron chi connectivity index (χ2n) is 6.49. The minimum Gasteiger partial charge on any atom is -0.469 e. The molecule has 21 heavy (non-hydrogen) atoms. The number of anilines is 1. The van der Waals surface area contributed by atoms with Crippen molar-refractivity contribution in [2.24, 2.45) is 17.8 Å². The first-order valence-electron chi connectivity index (χ1n) is 7.93. The number of hydrogen-bond acceptors (Lipinski definition) is 5. The predicted octanol–water partition coefficient (Wildman–Crippen LogP) is 3.49. The lowest BCUT2D eigenvalue weighted by Gasteiger charge is -2.28. The van der Waals surface area contributed by atoms with Crippen LogP contribution in [0.1, 0.15) is 44.7 Å². The van der Waals surface area contributed by atoms with Gasteiger partial charge in [-0.3, -0.25) is 4.79 Å². The van der Waals surface area contributed by atoms with Crippen LogP contribution in [0.5, 0.6) is 0 Å². The molecular formula is C16H24N2O2S. The zero-order valence-electron chi connectivity index (χ0n) is 12.8. The van der Waals surface area contributed by atoms with Crippen molar-refractivity contribution in [2.75, 3.05) is 12.4 Å². The van der Waals surface area contributed by atoms with Crippen LogP contribution in [0, 0.1) is 17.8 Å². The highest BCUT2D eigenvalue weighted by molar-refractivity contribution is 7.13. The van der Waals surface area contributed by atoms with E-state index in [-0.39, 0.29) is 5.97 Å². The summed E-state index contributed by atoms with van der Waals surface area (Å²) in [6, 6.07) is 0.500. The van der Waals surface area contributed by atoms with Gasteiger partial charge in [-0.2, -0.15) is 0 Å². The van der Waals surface area contributed by atoms with E-state index in [1.807, 2.05) is 5.38 Å². The summed E-state index contributed by atoms with van der Waals surface area (Å²) in [5.74, 6) is 2.55. The number of hydrogen-bond donors (Lipinski definition) is 1. The molecule has 0 aromatic carbocycles. The number of ether oxygens (including phenoxy) is 1. The molecule has 2 fully saturated rings. The maximum atomic E-state index is 11.2. The summed E-state index contributed by atoms with van der Waals surface area (Å²) in [6.45, 7) is 2.29. The van der Waals surface area contributed by atoms with Crippen LogP contribution in [0.2, 0.25) is 0 Å². The number of rotatable bonds is 6. The summed E-state index contributed by atoms with van der Waals surface area (Å²) in [4.78, 5) is 15.7. The highest BCUT2D eigenvalue weighted by Gasteiger charge is 2.41. The lowest BCUT2D eigenvalue weighted by molar-refractivity contribution is -0.140. The van der Waals surface area contributed by atoms with E-state index < -0.39 is 0 Å². The van der Waals surface area contributed by atoms with E-state index in [0.717, 1.165) is 28.6 Å². The highest BCUT2D eigenvalue weighted by Crippen LogP contribution is 2.49. The molecule has 5 heteroatoms. The van der Waals surface area contributed by atoms with Gasteiger partial charge in [0.25, 0.3) is 0 Å². The number of methoxy groups -OCH3 is 1. The maximum absolute atomic E-state index is 11.2. The first-order valence-corrected chi connectivity index (χ1v) is 8.81. The second kappa shape index (κ2) is 6.34. The Labute approximate surface area is 130 Å². The third-order valence-corrected chi connectivity index (χ3v) is 5.97. The smallest absolute Gasteiger partial charge is 0.305 e. The zero-order chi connectivity index (χ0) is 14.8. The Morgan fingerprint density at radius 1 is 1.52 bits per heavy atom. The van der Waals surface area contributed by atoms with Crippen LogP contribution in [0.15, 0.2) is 5.38 Å². The van der Waals surface area contributed by atoms with E-state index in [0.29, 0.717) is 18.9 Å². The fraction of sp³-hybridized carbons (Fsp3) is 0.750. The van der Waals surface area contributed by atoms with E-state index in [4.69, 9.17) is 0 Å². The Balaban J connectivity index is 1.51. The SMILES string of the molecule is COC(=O)CCc1csc(NC(C)C2CC3CCC2C3)n1. The standard InChI is InChI=1S/C16H24N2O2S/c1-10(14-8-11-3-4-12(14)7-11)17-16-18-13(9-21-16)5-6-15(19)20-2/h9-12,14H,3-8H2,1-2H3,(H,17,18). The number of thiazole rings is 1. The summed E-state index contributed by atoms with van der Waals surface area (Å²) in [5, 5.41) is 6.61. The molecule has 0 spiro atoms. The number of nitrogens with zero attached hydrogens (tertiary/aromatic N) is 1. The maximum Gasteiger partial charge on any atom is 0.305 e. The summed E-state index contributed by atoms with van der Waals surface area (Å²) in [6.07, 6.45) is 6.76. The largest absolute Gasteiger partial charge is 0.469 e. The molecule has 0 saturated heterocycles. The zero-order valence-corrected chi connectivity index (χ0v) is 13.6. The summed E-state index contributed by atoms with van der Waals surface area (Å²) < 4.78 is 4.66. The first kappa shape index (κ1) is 14.8. The molecule has 0 radical (unpaired) electrons. The third-order valence-electron chi connectivity index (χ3n) is 5.15. The minimum atomic E-state index is -0.173. The van der Waals surface area contributed by atoms with Crippen molar-refractivity contribution >= 4 is 22.4 Å². The topological polar surface area (TPSA) is 51.2 Å². The van der Waals surface area contributed by atoms with Crippen molar-refractivity contribution in [3.05, 3.63) is 11.1 Å². The van der Waals surface area contributed by atoms with Crippen molar-refractivity contribution < 1.29 is 9.53 Å². The van der Waals surface area contributed by atoms with Crippen LogP contribution in [0.3, 0.4) is 0 Å². The molecule has 0 aliphatic heterocycles. The molecule has 2 aliphatic rings. The fourth-order valence-electron chi connectivity index (χ4n) is 4.03. The van der Waals surface area contributed by atoms with Gasteiger partial charge in [0, 0.05) is 17.8 Å². The number of aromatic nitrogens is 1. The van der Waals surface area contributed by atoms with E-state index >= 15 is 0 Å². The average Bonchev–Trinajstić information content (AvgIpc) is 3.20. The van der Waals surface area contributed by atoms with Gasteiger partial charge in [0.05, 0.1) is 19.2 Å². The molecule has 1 heterocycles. The van der Waals surface area contributed by atoms with Crippen LogP contribution >= 0.6 is 11.3 Å². The van der Waals surface area contributed by atoms with Gasteiger partial charge in [-0.1, -0.05) is 6.42 Å². The van der Waals surface area contributed by atoms with Crippen molar-refractivity contribution in [2.45, 2.75) is 51.5 Å². The van der Waals surface area contributed by atoms with Crippen molar-refractivity contribution in [3.63, 3.8) is 0 Å². The normalized spacial score (nSPS) is 28.6. The van der Waals surface area contributed by atoms with Crippen molar-refractivity contribution in [1.82, 2.24) is 4.98 Å². The molecule has 3 rings (SSSR count). The quantitative estimate of drug-likeness (QED) is 0.817. The van der Waals surface area contributed by atoms with E-state index in [1.165, 1.54) is 32.8 Å². The van der Waals surface area contributed by atoms with Gasteiger partial charge >= 0.3 is 5.97 Å². The molecule has 4 unspecified atom stereocenters. The van der Waals surface area contributed by atoms with E-state index in [2.05, 4.69) is 22.0 Å². The predicted molar refractivity (Wildman–Crippen MR) is 84.5 cm³/mol. The molecule has 1 aromatic rings. The molecule has 4 atom stereocenters. The monoisotopic (exact) mass is 308 g/mol. The number of aryl methyl sites for hydroxylation is 1. The van der Waals surface area contributed by atoms with Crippen LogP contribution < -0.4 is 5.32 Å².